The average molecular weight is 1130 g/mol. The monoisotopic (exact) mass is 1130 g/mol. The normalized spacial score (nSPS) is 35.1. The van der Waals surface area contributed by atoms with Gasteiger partial charge in [0.1, 0.15) is 108 Å². The van der Waals surface area contributed by atoms with Crippen molar-refractivity contribution in [1.82, 2.24) is 0 Å². The van der Waals surface area contributed by atoms with Gasteiger partial charge in [-0.15, -0.1) is 0 Å². The summed E-state index contributed by atoms with van der Waals surface area (Å²) in [5, 5.41) is 179. The number of hydrogen-bond donors (Lipinski definition) is 17. The topological polar surface area (TPSA) is 457 Å². The second kappa shape index (κ2) is 25.5. The van der Waals surface area contributed by atoms with Crippen molar-refractivity contribution in [2.24, 2.45) is 0 Å². The molecule has 0 unspecified atom stereocenters. The Hall–Kier alpha value is -5.59. The van der Waals surface area contributed by atoms with E-state index in [1.54, 1.807) is 6.08 Å². The Morgan fingerprint density at radius 2 is 1.03 bits per heavy atom. The van der Waals surface area contributed by atoms with Crippen molar-refractivity contribution in [1.29, 1.82) is 0 Å². The van der Waals surface area contributed by atoms with Crippen molar-refractivity contribution < 1.29 is 143 Å². The van der Waals surface area contributed by atoms with Crippen molar-refractivity contribution >= 4 is 17.0 Å². The van der Waals surface area contributed by atoms with Crippen LogP contribution >= 0.6 is 0 Å². The predicted molar refractivity (Wildman–Crippen MR) is 259 cm³/mol. The van der Waals surface area contributed by atoms with Gasteiger partial charge >= 0.3 is 11.3 Å². The van der Waals surface area contributed by atoms with Gasteiger partial charge in [-0.2, -0.15) is 0 Å². The van der Waals surface area contributed by atoms with E-state index in [9.17, 15) is 86.8 Å². The predicted octanol–water partition coefficient (Wildman–Crippen LogP) is -4.39. The van der Waals surface area contributed by atoms with Crippen LogP contribution in [0.15, 0.2) is 59.0 Å². The molecule has 79 heavy (non-hydrogen) atoms. The van der Waals surface area contributed by atoms with Crippen LogP contribution in [0.2, 0.25) is 0 Å². The van der Waals surface area contributed by atoms with E-state index in [-0.39, 0.29) is 57.6 Å². The summed E-state index contributed by atoms with van der Waals surface area (Å²) in [7, 11) is 2.62. The van der Waals surface area contributed by atoms with Crippen LogP contribution in [0.5, 0.6) is 46.0 Å². The van der Waals surface area contributed by atoms with E-state index in [0.717, 1.165) is 24.3 Å². The zero-order valence-electron chi connectivity index (χ0n) is 41.9. The second-order valence-electron chi connectivity index (χ2n) is 18.8. The van der Waals surface area contributed by atoms with Gasteiger partial charge in [0.2, 0.25) is 30.4 Å². The molecule has 0 spiro atoms. The molecular weight excluding hydrogens is 1060 g/mol. The number of benzene rings is 3. The van der Waals surface area contributed by atoms with E-state index < -0.39 is 166 Å². The molecule has 436 valence electrons. The maximum absolute atomic E-state index is 11.8. The number of aliphatic hydroxyl groups is 14. The molecular formula is C50H63O29+. The lowest BCUT2D eigenvalue weighted by atomic mass is 9.97. The summed E-state index contributed by atoms with van der Waals surface area (Å²) in [6.07, 6.45) is -32.2. The summed E-state index contributed by atoms with van der Waals surface area (Å²) in [5.74, 6) is -2.60. The Balaban J connectivity index is 1.09. The van der Waals surface area contributed by atoms with Crippen molar-refractivity contribution in [3.05, 3.63) is 60.2 Å². The highest BCUT2D eigenvalue weighted by Gasteiger charge is 2.53. The summed E-state index contributed by atoms with van der Waals surface area (Å²) in [4.78, 5) is 0. The van der Waals surface area contributed by atoms with E-state index in [1.807, 2.05) is 0 Å². The van der Waals surface area contributed by atoms with Gasteiger partial charge in [-0.05, 0) is 29.8 Å². The number of phenols is 3. The minimum Gasteiger partial charge on any atom is -0.507 e. The molecule has 4 aliphatic heterocycles. The summed E-state index contributed by atoms with van der Waals surface area (Å²) >= 11 is 0. The second-order valence-corrected chi connectivity index (χ2v) is 18.8. The van der Waals surface area contributed by atoms with E-state index in [4.69, 9.17) is 56.5 Å². The van der Waals surface area contributed by atoms with Gasteiger partial charge in [-0.25, -0.2) is 4.42 Å². The minimum atomic E-state index is -2.04. The third-order valence-corrected chi connectivity index (χ3v) is 13.5. The Labute approximate surface area is 447 Å². The fraction of sp³-hybridized carbons (Fsp3) is 0.540. The highest BCUT2D eigenvalue weighted by atomic mass is 16.8. The Morgan fingerprint density at radius 3 is 1.58 bits per heavy atom. The van der Waals surface area contributed by atoms with Crippen molar-refractivity contribution in [2.75, 3.05) is 47.3 Å². The van der Waals surface area contributed by atoms with Gasteiger partial charge < -0.3 is 139 Å². The highest BCUT2D eigenvalue weighted by Crippen LogP contribution is 2.45. The molecule has 4 fully saturated rings. The Kier molecular flexibility index (Phi) is 19.2. The van der Waals surface area contributed by atoms with Crippen LogP contribution in [-0.4, -0.2) is 257 Å². The Bertz CT molecular complexity index is 2680. The molecule has 8 rings (SSSR count). The lowest BCUT2D eigenvalue weighted by Crippen LogP contribution is -2.65. The third kappa shape index (κ3) is 12.5. The molecule has 4 aliphatic rings. The van der Waals surface area contributed by atoms with Crippen molar-refractivity contribution in [3.63, 3.8) is 0 Å². The maximum atomic E-state index is 11.8. The van der Waals surface area contributed by atoms with Gasteiger partial charge in [0, 0.05) is 18.2 Å². The molecule has 1 aromatic heterocycles. The molecule has 4 aromatic rings. The van der Waals surface area contributed by atoms with Crippen LogP contribution in [0, 0.1) is 0 Å². The van der Waals surface area contributed by atoms with E-state index in [0.29, 0.717) is 5.56 Å². The molecule has 0 aliphatic carbocycles. The molecule has 4 saturated heterocycles. The molecule has 0 saturated carbocycles. The highest BCUT2D eigenvalue weighted by molar-refractivity contribution is 5.89. The first-order valence-electron chi connectivity index (χ1n) is 24.5. The first-order chi connectivity index (χ1) is 37.7. The summed E-state index contributed by atoms with van der Waals surface area (Å²) in [5.41, 5.74) is 0.254. The zero-order valence-corrected chi connectivity index (χ0v) is 41.9. The molecule has 0 bridgehead atoms. The first-order valence-corrected chi connectivity index (χ1v) is 24.5. The van der Waals surface area contributed by atoms with Crippen molar-refractivity contribution in [2.45, 2.75) is 123 Å². The molecule has 20 atom stereocenters. The van der Waals surface area contributed by atoms with E-state index >= 15 is 0 Å². The molecule has 5 heterocycles. The average Bonchev–Trinajstić information content (AvgIpc) is 3.52. The number of hydrogen-bond acceptors (Lipinski definition) is 28. The molecule has 3 aromatic carbocycles. The van der Waals surface area contributed by atoms with Crippen LogP contribution in [0.1, 0.15) is 5.56 Å². The summed E-state index contributed by atoms with van der Waals surface area (Å²) < 4.78 is 70.0. The number of fused-ring (bicyclic) bond motifs is 1. The summed E-state index contributed by atoms with van der Waals surface area (Å²) in [6, 6.07) is 9.83. The van der Waals surface area contributed by atoms with E-state index in [2.05, 4.69) is 0 Å². The van der Waals surface area contributed by atoms with E-state index in [1.165, 1.54) is 44.6 Å². The van der Waals surface area contributed by atoms with Crippen LogP contribution in [-0.2, 0) is 28.4 Å². The molecule has 17 N–H and O–H groups in total. The fourth-order valence-corrected chi connectivity index (χ4v) is 9.08. The lowest BCUT2D eigenvalue weighted by Gasteiger charge is -2.45. The SMILES string of the molecule is COc1cc(C=CCOC[C@H]2O[C@@H](Oc3cc4c(O[C@@H]5O[C@H](CO)[C@@H](O)[C@H](O)[C@H]5O)cc(O)cc4[o+]c3-c3ccc(O)c(O)c3)[C@H](O[C@@H]3O[C@H](CO)[C@@H](O)[C@H](O)[C@H]3O)[C@@H](O)[C@@H]2O)cc(OC)c1O[C@@H]1O[C@H](CO)[C@@H](O)[C@H](O)[C@H]1O. The zero-order chi connectivity index (χ0) is 57.1. The van der Waals surface area contributed by atoms with Gasteiger partial charge in [0.25, 0.3) is 0 Å². The molecule has 0 radical (unpaired) electrons. The van der Waals surface area contributed by atoms with Gasteiger partial charge in [0.15, 0.2) is 35.4 Å². The molecule has 29 heteroatoms. The van der Waals surface area contributed by atoms with Crippen molar-refractivity contribution in [3.8, 4) is 57.3 Å². The standard InChI is InChI=1S/C50H62O29/c1-68-26-8-18(9-27(69-2)45(26)78-48-42(66)38(62)34(58)30(15-52)75-48)4-3-7-70-17-32-36(60)40(64)46(79-49-43(67)39(63)35(59)31(16-53)76-49)50(77-32)73-28-13-21-24(71-44(28)19-5-6-22(55)23(56)10-19)11-20(54)12-25(21)72-47-41(65)37(61)33(57)29(14-51)74-47/h3-6,8-13,29-43,46-53,57-67H,7,14-17H2,1-2H3,(H2-,54,55,56)/p+1/t29-,30-,31-,32-,33-,34-,35-,36-,37+,38+,39+,40+,41-,42-,43-,46-,47-,48+,49+,50-/m1/s1. The third-order valence-electron chi connectivity index (χ3n) is 13.5. The fourth-order valence-electron chi connectivity index (χ4n) is 9.08. The van der Waals surface area contributed by atoms with Crippen LogP contribution in [0.4, 0.5) is 0 Å². The first kappa shape index (κ1) is 59.5. The number of rotatable bonds is 19. The van der Waals surface area contributed by atoms with Crippen LogP contribution in [0.3, 0.4) is 0 Å². The maximum Gasteiger partial charge on any atom is 0.402 e. The Morgan fingerprint density at radius 1 is 0.506 bits per heavy atom. The van der Waals surface area contributed by atoms with Gasteiger partial charge in [-0.3, -0.25) is 0 Å². The molecule has 29 nitrogen and oxygen atoms in total. The van der Waals surface area contributed by atoms with Gasteiger partial charge in [0.05, 0.1) is 58.9 Å². The summed E-state index contributed by atoms with van der Waals surface area (Å²) in [6.45, 7) is -3.08. The number of ether oxygens (including phenoxy) is 11. The lowest BCUT2D eigenvalue weighted by molar-refractivity contribution is -0.358. The molecule has 0 amide bonds. The largest absolute Gasteiger partial charge is 0.507 e. The quantitative estimate of drug-likeness (QED) is 0.0239. The van der Waals surface area contributed by atoms with Crippen LogP contribution < -0.4 is 23.7 Å². The number of phenolic OH excluding ortho intramolecular Hbond substituents is 3. The number of aliphatic hydroxyl groups excluding tert-OH is 14. The van der Waals surface area contributed by atoms with Crippen LogP contribution in [0.25, 0.3) is 28.4 Å². The smallest absolute Gasteiger partial charge is 0.402 e. The van der Waals surface area contributed by atoms with Gasteiger partial charge in [-0.1, -0.05) is 12.2 Å². The number of methoxy groups -OCH3 is 2. The minimum absolute atomic E-state index is 0.00684. The number of aromatic hydroxyl groups is 3.